The lowest BCUT2D eigenvalue weighted by Gasteiger charge is -2.57. The maximum absolute atomic E-state index is 10.2. The van der Waals surface area contributed by atoms with Crippen molar-refractivity contribution in [3.05, 3.63) is 34.9 Å². The van der Waals surface area contributed by atoms with Crippen molar-refractivity contribution in [3.8, 4) is 17.2 Å². The number of hydrogen-bond donors (Lipinski definition) is 2. The lowest BCUT2D eigenvalue weighted by atomic mass is 9.47. The van der Waals surface area contributed by atoms with Gasteiger partial charge in [-0.3, -0.25) is 0 Å². The molecule has 0 saturated heterocycles. The van der Waals surface area contributed by atoms with E-state index in [1.807, 2.05) is 12.1 Å². The lowest BCUT2D eigenvalue weighted by Crippen LogP contribution is -2.50. The number of rotatable bonds is 4. The molecule has 0 unspecified atom stereocenters. The van der Waals surface area contributed by atoms with Crippen LogP contribution in [0.25, 0.3) is 6.08 Å². The van der Waals surface area contributed by atoms with E-state index in [9.17, 15) is 10.4 Å². The summed E-state index contributed by atoms with van der Waals surface area (Å²) in [6.45, 7) is 4.72. The molecule has 0 spiro atoms. The van der Waals surface area contributed by atoms with Crippen LogP contribution in [-0.4, -0.2) is 43.2 Å². The summed E-state index contributed by atoms with van der Waals surface area (Å²) in [6.07, 6.45) is 11.3. The van der Waals surface area contributed by atoms with Gasteiger partial charge in [-0.1, -0.05) is 29.7 Å². The summed E-state index contributed by atoms with van der Waals surface area (Å²) in [5.74, 6) is 3.37. The van der Waals surface area contributed by atoms with Crippen LogP contribution in [0.5, 0.6) is 17.2 Å². The Bertz CT molecular complexity index is 1140. The molecule has 3 fully saturated rings. The molecule has 4 aliphatic carbocycles. The maximum atomic E-state index is 10.2. The van der Waals surface area contributed by atoms with Crippen LogP contribution in [0.2, 0.25) is 0 Å². The SMILES string of the molecule is COc1cc(/C=C2\C[C@H]3[C@@H]4CCC5=C/C(=N/O)CC[C@]5(C)[C@H]4CC[C@]3(C)\C2=N\O)cc(OC)c1OC. The van der Waals surface area contributed by atoms with E-state index in [1.54, 1.807) is 21.3 Å². The first-order chi connectivity index (χ1) is 17.3. The molecule has 7 heteroatoms. The zero-order valence-corrected chi connectivity index (χ0v) is 22.0. The van der Waals surface area contributed by atoms with E-state index >= 15 is 0 Å². The predicted molar refractivity (Wildman–Crippen MR) is 140 cm³/mol. The van der Waals surface area contributed by atoms with Gasteiger partial charge in [0.25, 0.3) is 0 Å². The number of methoxy groups -OCH3 is 3. The average Bonchev–Trinajstić information content (AvgIpc) is 3.18. The number of fused-ring (bicyclic) bond motifs is 5. The van der Waals surface area contributed by atoms with Crippen LogP contribution in [0.4, 0.5) is 0 Å². The Hall–Kier alpha value is -2.96. The highest BCUT2D eigenvalue weighted by molar-refractivity contribution is 6.09. The summed E-state index contributed by atoms with van der Waals surface area (Å²) in [5, 5.41) is 27.0. The van der Waals surface area contributed by atoms with Gasteiger partial charge in [0, 0.05) is 5.41 Å². The van der Waals surface area contributed by atoms with Crippen molar-refractivity contribution in [2.45, 2.75) is 58.8 Å². The quantitative estimate of drug-likeness (QED) is 0.377. The number of allylic oxidation sites excluding steroid dienone is 3. The summed E-state index contributed by atoms with van der Waals surface area (Å²) in [5.41, 5.74) is 5.11. The Kier molecular flexibility index (Phi) is 6.29. The van der Waals surface area contributed by atoms with E-state index in [0.29, 0.717) is 35.0 Å². The molecule has 4 aliphatic rings. The molecule has 1 aromatic carbocycles. The van der Waals surface area contributed by atoms with Gasteiger partial charge in [-0.2, -0.15) is 0 Å². The summed E-state index contributed by atoms with van der Waals surface area (Å²) in [7, 11) is 4.84. The Morgan fingerprint density at radius 1 is 0.889 bits per heavy atom. The molecule has 0 radical (unpaired) electrons. The fourth-order valence-electron chi connectivity index (χ4n) is 8.03. The molecule has 5 atom stereocenters. The van der Waals surface area contributed by atoms with E-state index < -0.39 is 0 Å². The largest absolute Gasteiger partial charge is 0.493 e. The van der Waals surface area contributed by atoms with Gasteiger partial charge in [-0.15, -0.1) is 0 Å². The first-order valence-electron chi connectivity index (χ1n) is 13.0. The van der Waals surface area contributed by atoms with Crippen LogP contribution >= 0.6 is 0 Å². The van der Waals surface area contributed by atoms with Gasteiger partial charge in [-0.25, -0.2) is 0 Å². The van der Waals surface area contributed by atoms with Gasteiger partial charge in [0.2, 0.25) is 5.75 Å². The van der Waals surface area contributed by atoms with Crippen molar-refractivity contribution in [2.75, 3.05) is 21.3 Å². The van der Waals surface area contributed by atoms with Crippen LogP contribution in [0.1, 0.15) is 64.4 Å². The molecule has 7 nitrogen and oxygen atoms in total. The smallest absolute Gasteiger partial charge is 0.203 e. The number of ether oxygens (including phenoxy) is 3. The molecule has 5 rings (SSSR count). The minimum absolute atomic E-state index is 0.146. The third-order valence-electron chi connectivity index (χ3n) is 9.91. The second-order valence-corrected chi connectivity index (χ2v) is 11.3. The summed E-state index contributed by atoms with van der Waals surface area (Å²) < 4.78 is 16.6. The minimum Gasteiger partial charge on any atom is -0.493 e. The van der Waals surface area contributed by atoms with Crippen LogP contribution in [0.3, 0.4) is 0 Å². The number of oxime groups is 2. The number of hydrogen-bond acceptors (Lipinski definition) is 7. The molecule has 1 aromatic rings. The van der Waals surface area contributed by atoms with Gasteiger partial charge < -0.3 is 24.6 Å². The van der Waals surface area contributed by atoms with E-state index in [-0.39, 0.29) is 10.8 Å². The van der Waals surface area contributed by atoms with Crippen LogP contribution in [-0.2, 0) is 0 Å². The van der Waals surface area contributed by atoms with Gasteiger partial charge >= 0.3 is 0 Å². The molecule has 0 amide bonds. The lowest BCUT2D eigenvalue weighted by molar-refractivity contribution is -0.0151. The minimum atomic E-state index is -0.146. The van der Waals surface area contributed by atoms with E-state index in [2.05, 4.69) is 36.3 Å². The fraction of sp³-hybridized carbons (Fsp3) is 0.586. The van der Waals surface area contributed by atoms with Gasteiger partial charge in [0.1, 0.15) is 0 Å². The molecule has 0 aromatic heterocycles. The van der Waals surface area contributed by atoms with Crippen molar-refractivity contribution < 1.29 is 24.6 Å². The molecule has 0 aliphatic heterocycles. The third-order valence-corrected chi connectivity index (χ3v) is 9.91. The predicted octanol–water partition coefficient (Wildman–Crippen LogP) is 6.33. The first kappa shape index (κ1) is 24.7. The Labute approximate surface area is 213 Å². The Balaban J connectivity index is 1.51. The maximum Gasteiger partial charge on any atom is 0.203 e. The summed E-state index contributed by atoms with van der Waals surface area (Å²) in [6, 6.07) is 3.88. The topological polar surface area (TPSA) is 92.9 Å². The zero-order valence-electron chi connectivity index (χ0n) is 22.0. The Morgan fingerprint density at radius 3 is 2.22 bits per heavy atom. The molecule has 0 heterocycles. The normalized spacial score (nSPS) is 36.8. The van der Waals surface area contributed by atoms with Crippen molar-refractivity contribution in [3.63, 3.8) is 0 Å². The van der Waals surface area contributed by atoms with Crippen LogP contribution in [0.15, 0.2) is 39.7 Å². The molecule has 2 N–H and O–H groups in total. The number of benzene rings is 1. The molecule has 194 valence electrons. The van der Waals surface area contributed by atoms with Crippen LogP contribution < -0.4 is 14.2 Å². The van der Waals surface area contributed by atoms with E-state index in [0.717, 1.165) is 67.5 Å². The molecular formula is C29H38N2O5. The highest BCUT2D eigenvalue weighted by atomic mass is 16.5. The monoisotopic (exact) mass is 494 g/mol. The highest BCUT2D eigenvalue weighted by Gasteiger charge is 2.59. The van der Waals surface area contributed by atoms with Crippen molar-refractivity contribution in [1.82, 2.24) is 0 Å². The van der Waals surface area contributed by atoms with Gasteiger partial charge in [0.15, 0.2) is 11.5 Å². The first-order valence-corrected chi connectivity index (χ1v) is 13.0. The van der Waals surface area contributed by atoms with E-state index in [4.69, 9.17) is 14.2 Å². The molecule has 3 saturated carbocycles. The van der Waals surface area contributed by atoms with Gasteiger partial charge in [-0.05, 0) is 104 Å². The molecule has 0 bridgehead atoms. The number of nitrogens with zero attached hydrogens (tertiary/aromatic N) is 2. The second-order valence-electron chi connectivity index (χ2n) is 11.3. The van der Waals surface area contributed by atoms with Crippen LogP contribution in [0, 0.1) is 28.6 Å². The summed E-state index contributed by atoms with van der Waals surface area (Å²) in [4.78, 5) is 0. The fourth-order valence-corrected chi connectivity index (χ4v) is 8.03. The van der Waals surface area contributed by atoms with Crippen molar-refractivity contribution >= 4 is 17.5 Å². The van der Waals surface area contributed by atoms with Crippen molar-refractivity contribution in [2.24, 2.45) is 38.9 Å². The average molecular weight is 495 g/mol. The second kappa shape index (κ2) is 9.16. The third kappa shape index (κ3) is 3.61. The van der Waals surface area contributed by atoms with E-state index in [1.165, 1.54) is 5.57 Å². The molecule has 36 heavy (non-hydrogen) atoms. The van der Waals surface area contributed by atoms with Crippen molar-refractivity contribution in [1.29, 1.82) is 0 Å². The highest BCUT2D eigenvalue weighted by Crippen LogP contribution is 2.65. The molecular weight excluding hydrogens is 456 g/mol. The van der Waals surface area contributed by atoms with Gasteiger partial charge in [0.05, 0.1) is 32.8 Å². The zero-order chi connectivity index (χ0) is 25.7. The summed E-state index contributed by atoms with van der Waals surface area (Å²) >= 11 is 0. The standard InChI is InChI=1S/C29H38N2O5/c1-28-10-8-20(30-32)16-19(28)6-7-21-22(28)9-11-29(2)23(21)15-18(27(29)31-33)12-17-13-24(34-3)26(36-5)25(14-17)35-4/h12-14,16,21-23,32-33H,6-11,15H2,1-5H3/b18-12+,30-20+,31-27+/t21-,22+,23+,28+,29+/m1/s1. The Morgan fingerprint density at radius 2 is 1.61 bits per heavy atom.